The predicted octanol–water partition coefficient (Wildman–Crippen LogP) is 6.03. The third-order valence-corrected chi connectivity index (χ3v) is 7.58. The van der Waals surface area contributed by atoms with Crippen molar-refractivity contribution in [2.24, 2.45) is 0 Å². The van der Waals surface area contributed by atoms with Crippen LogP contribution in [0.1, 0.15) is 134 Å². The molecule has 4 nitrogen and oxygen atoms in total. The fourth-order valence-electron chi connectivity index (χ4n) is 4.89. The molecule has 0 unspecified atom stereocenters. The molecular weight excluding hydrogens is 492 g/mol. The zero-order valence-electron chi connectivity index (χ0n) is 25.7. The summed E-state index contributed by atoms with van der Waals surface area (Å²) < 4.78 is 6.57. The van der Waals surface area contributed by atoms with Gasteiger partial charge < -0.3 is 26.5 Å². The van der Waals surface area contributed by atoms with Crippen LogP contribution in [0.5, 0.6) is 0 Å². The topological polar surface area (TPSA) is 29.5 Å². The summed E-state index contributed by atoms with van der Waals surface area (Å²) in [6.07, 6.45) is 21.0. The first-order valence-corrected chi connectivity index (χ1v) is 15.8. The van der Waals surface area contributed by atoms with Crippen LogP contribution in [0, 0.1) is 0 Å². The Kier molecular flexibility index (Phi) is 22.8. The molecule has 5 heteroatoms. The highest BCUT2D eigenvalue weighted by molar-refractivity contribution is 5.89. The summed E-state index contributed by atoms with van der Waals surface area (Å²) in [6, 6.07) is 8.11. The van der Waals surface area contributed by atoms with Crippen LogP contribution in [0.4, 0.5) is 5.69 Å². The van der Waals surface area contributed by atoms with E-state index in [2.05, 4.69) is 51.9 Å². The van der Waals surface area contributed by atoms with Gasteiger partial charge in [0, 0.05) is 18.8 Å². The number of anilines is 1. The number of unbranched alkanes of at least 4 members (excludes halogenated alkanes) is 13. The molecule has 0 aliphatic carbocycles. The zero-order valence-corrected chi connectivity index (χ0v) is 26.5. The van der Waals surface area contributed by atoms with Gasteiger partial charge in [0.15, 0.2) is 0 Å². The van der Waals surface area contributed by atoms with Crippen molar-refractivity contribution in [3.63, 3.8) is 0 Å². The lowest BCUT2D eigenvalue weighted by molar-refractivity contribution is -0.890. The first kappa shape index (κ1) is 36.7. The summed E-state index contributed by atoms with van der Waals surface area (Å²) >= 11 is 0. The quantitative estimate of drug-likeness (QED) is 0.0890. The Morgan fingerprint density at radius 2 is 1.11 bits per heavy atom. The van der Waals surface area contributed by atoms with E-state index in [4.69, 9.17) is 4.74 Å². The molecule has 0 bridgehead atoms. The number of rotatable bonds is 24. The van der Waals surface area contributed by atoms with Crippen LogP contribution in [-0.4, -0.2) is 57.3 Å². The molecule has 1 aromatic carbocycles. The minimum atomic E-state index is -0.198. The third kappa shape index (κ3) is 18.1. The summed E-state index contributed by atoms with van der Waals surface area (Å²) in [5.74, 6) is -0.198. The van der Waals surface area contributed by atoms with Crippen LogP contribution < -0.4 is 17.3 Å². The SMILES string of the molecule is CCCCCCCCCC[N+](C)(C)CCOC(=O)c1ccc(N(CCCCCC)CCCCCC)cc1.[Cl-]. The fourth-order valence-corrected chi connectivity index (χ4v) is 4.89. The molecular formula is C33H61ClN2O2. The van der Waals surface area contributed by atoms with Crippen LogP contribution >= 0.6 is 0 Å². The van der Waals surface area contributed by atoms with E-state index in [1.165, 1.54) is 108 Å². The number of halogens is 1. The van der Waals surface area contributed by atoms with Gasteiger partial charge in [-0.1, -0.05) is 97.8 Å². The van der Waals surface area contributed by atoms with Crippen LogP contribution in [-0.2, 0) is 4.74 Å². The number of carbonyl (C=O) groups is 1. The number of quaternary nitrogens is 1. The van der Waals surface area contributed by atoms with Crippen molar-refractivity contribution in [3.8, 4) is 0 Å². The molecule has 0 aliphatic heterocycles. The van der Waals surface area contributed by atoms with E-state index in [0.29, 0.717) is 12.2 Å². The van der Waals surface area contributed by atoms with E-state index in [9.17, 15) is 4.79 Å². The molecule has 38 heavy (non-hydrogen) atoms. The normalized spacial score (nSPS) is 11.3. The summed E-state index contributed by atoms with van der Waals surface area (Å²) in [7, 11) is 4.50. The average molecular weight is 553 g/mol. The molecule has 0 heterocycles. The molecule has 1 rings (SSSR count). The maximum atomic E-state index is 12.7. The smallest absolute Gasteiger partial charge is 0.338 e. The van der Waals surface area contributed by atoms with Gasteiger partial charge in [0.05, 0.1) is 26.2 Å². The molecule has 1 aromatic rings. The Bertz CT molecular complexity index is 666. The number of hydrogen-bond acceptors (Lipinski definition) is 3. The molecule has 0 saturated carbocycles. The minimum absolute atomic E-state index is 0. The molecule has 0 spiro atoms. The highest BCUT2D eigenvalue weighted by Crippen LogP contribution is 2.19. The van der Waals surface area contributed by atoms with Gasteiger partial charge in [0.25, 0.3) is 0 Å². The second kappa shape index (κ2) is 23.6. The van der Waals surface area contributed by atoms with E-state index < -0.39 is 0 Å². The zero-order chi connectivity index (χ0) is 27.2. The van der Waals surface area contributed by atoms with E-state index in [1.54, 1.807) is 0 Å². The van der Waals surface area contributed by atoms with E-state index in [1.807, 2.05) is 12.1 Å². The van der Waals surface area contributed by atoms with E-state index in [-0.39, 0.29) is 18.4 Å². The highest BCUT2D eigenvalue weighted by Gasteiger charge is 2.16. The maximum absolute atomic E-state index is 12.7. The van der Waals surface area contributed by atoms with Crippen LogP contribution in [0.3, 0.4) is 0 Å². The molecule has 0 fully saturated rings. The number of likely N-dealkylation sites (N-methyl/N-ethyl adjacent to an activating group) is 1. The standard InChI is InChI=1S/C33H61N2O2.ClH/c1-6-9-12-15-16-17-18-21-28-35(4,5)29-30-37-33(36)31-22-24-32(25-23-31)34(26-19-13-10-7-2)27-20-14-11-8-3;/h22-25H,6-21,26-30H2,1-5H3;1H/q+1;/p-1. The van der Waals surface area contributed by atoms with Crippen molar-refractivity contribution < 1.29 is 26.4 Å². The van der Waals surface area contributed by atoms with Crippen molar-refractivity contribution in [1.29, 1.82) is 0 Å². The van der Waals surface area contributed by atoms with Gasteiger partial charge in [-0.25, -0.2) is 4.79 Å². The van der Waals surface area contributed by atoms with Crippen molar-refractivity contribution in [2.45, 2.75) is 124 Å². The Morgan fingerprint density at radius 1 is 0.658 bits per heavy atom. The van der Waals surface area contributed by atoms with Gasteiger partial charge in [0.2, 0.25) is 0 Å². The summed E-state index contributed by atoms with van der Waals surface area (Å²) in [5.41, 5.74) is 1.89. The summed E-state index contributed by atoms with van der Waals surface area (Å²) in [4.78, 5) is 15.2. The first-order valence-electron chi connectivity index (χ1n) is 15.8. The van der Waals surface area contributed by atoms with E-state index >= 15 is 0 Å². The highest BCUT2D eigenvalue weighted by atomic mass is 35.5. The fraction of sp³-hybridized carbons (Fsp3) is 0.788. The second-order valence-corrected chi connectivity index (χ2v) is 11.6. The van der Waals surface area contributed by atoms with Crippen molar-refractivity contribution in [3.05, 3.63) is 29.8 Å². The number of esters is 1. The minimum Gasteiger partial charge on any atom is -1.00 e. The predicted molar refractivity (Wildman–Crippen MR) is 162 cm³/mol. The molecule has 0 N–H and O–H groups in total. The lowest BCUT2D eigenvalue weighted by atomic mass is 10.1. The first-order chi connectivity index (χ1) is 17.9. The Labute approximate surface area is 242 Å². The Hall–Kier alpha value is -1.26. The average Bonchev–Trinajstić information content (AvgIpc) is 2.89. The van der Waals surface area contributed by atoms with Gasteiger partial charge in [-0.3, -0.25) is 0 Å². The largest absolute Gasteiger partial charge is 1.00 e. The summed E-state index contributed by atoms with van der Waals surface area (Å²) in [5, 5.41) is 0. The monoisotopic (exact) mass is 552 g/mol. The molecule has 0 amide bonds. The van der Waals surface area contributed by atoms with Gasteiger partial charge in [-0.15, -0.1) is 0 Å². The number of benzene rings is 1. The summed E-state index contributed by atoms with van der Waals surface area (Å²) in [6.45, 7) is 11.5. The van der Waals surface area contributed by atoms with Crippen molar-refractivity contribution >= 4 is 11.7 Å². The molecule has 0 atom stereocenters. The number of carbonyl (C=O) groups excluding carboxylic acids is 1. The number of nitrogens with zero attached hydrogens (tertiary/aromatic N) is 2. The van der Waals surface area contributed by atoms with Gasteiger partial charge in [-0.2, -0.15) is 0 Å². The van der Waals surface area contributed by atoms with Crippen molar-refractivity contribution in [2.75, 3.05) is 51.8 Å². The molecule has 0 saturated heterocycles. The lowest BCUT2D eigenvalue weighted by Crippen LogP contribution is -3.00. The molecule has 222 valence electrons. The molecule has 0 aromatic heterocycles. The Morgan fingerprint density at radius 3 is 1.61 bits per heavy atom. The van der Waals surface area contributed by atoms with Gasteiger partial charge in [0.1, 0.15) is 13.2 Å². The number of ether oxygens (including phenoxy) is 1. The molecule has 0 aliphatic rings. The lowest BCUT2D eigenvalue weighted by Gasteiger charge is -2.29. The van der Waals surface area contributed by atoms with Crippen LogP contribution in [0.15, 0.2) is 24.3 Å². The number of hydrogen-bond donors (Lipinski definition) is 0. The van der Waals surface area contributed by atoms with Gasteiger partial charge in [-0.05, 0) is 49.9 Å². The van der Waals surface area contributed by atoms with E-state index in [0.717, 1.165) is 30.7 Å². The second-order valence-electron chi connectivity index (χ2n) is 11.6. The van der Waals surface area contributed by atoms with Crippen molar-refractivity contribution in [1.82, 2.24) is 0 Å². The van der Waals surface area contributed by atoms with Crippen LogP contribution in [0.2, 0.25) is 0 Å². The van der Waals surface area contributed by atoms with Crippen LogP contribution in [0.25, 0.3) is 0 Å². The molecule has 0 radical (unpaired) electrons. The third-order valence-electron chi connectivity index (χ3n) is 7.58. The Balaban J connectivity index is 0.0000137. The van der Waals surface area contributed by atoms with Gasteiger partial charge >= 0.3 is 5.97 Å². The maximum Gasteiger partial charge on any atom is 0.338 e.